The molecule has 4 nitrogen and oxygen atoms in total. The molecule has 1 aromatic carbocycles. The molecular formula is C16H19N3O. The summed E-state index contributed by atoms with van der Waals surface area (Å²) in [6.07, 6.45) is 4.75. The van der Waals surface area contributed by atoms with Gasteiger partial charge in [0.25, 0.3) is 0 Å². The van der Waals surface area contributed by atoms with Gasteiger partial charge in [0.2, 0.25) is 0 Å². The zero-order valence-electron chi connectivity index (χ0n) is 11.7. The van der Waals surface area contributed by atoms with Gasteiger partial charge in [0.05, 0.1) is 18.2 Å². The highest BCUT2D eigenvalue weighted by Crippen LogP contribution is 2.28. The maximum Gasteiger partial charge on any atom is 0.139 e. The second-order valence-electron chi connectivity index (χ2n) is 5.15. The first-order valence-corrected chi connectivity index (χ1v) is 6.97. The van der Waals surface area contributed by atoms with Crippen molar-refractivity contribution in [2.45, 2.75) is 19.4 Å². The first-order chi connectivity index (χ1) is 9.79. The number of para-hydroxylation sites is 1. The highest BCUT2D eigenvalue weighted by molar-refractivity contribution is 5.91. The van der Waals surface area contributed by atoms with Gasteiger partial charge in [-0.05, 0) is 25.0 Å². The van der Waals surface area contributed by atoms with Crippen LogP contribution < -0.4 is 4.90 Å². The second-order valence-corrected chi connectivity index (χ2v) is 5.15. The van der Waals surface area contributed by atoms with E-state index in [9.17, 15) is 0 Å². The summed E-state index contributed by atoms with van der Waals surface area (Å²) >= 11 is 0. The molecule has 20 heavy (non-hydrogen) atoms. The van der Waals surface area contributed by atoms with Crippen LogP contribution in [0.5, 0.6) is 0 Å². The third-order valence-electron chi connectivity index (χ3n) is 3.74. The molecule has 2 aromatic rings. The van der Waals surface area contributed by atoms with Gasteiger partial charge in [-0.15, -0.1) is 6.58 Å². The van der Waals surface area contributed by atoms with Crippen LogP contribution >= 0.6 is 0 Å². The van der Waals surface area contributed by atoms with Crippen LogP contribution in [0, 0.1) is 6.92 Å². The Hall–Kier alpha value is -1.94. The Balaban J connectivity index is 1.88. The van der Waals surface area contributed by atoms with Gasteiger partial charge >= 0.3 is 0 Å². The van der Waals surface area contributed by atoms with Crippen LogP contribution in [-0.4, -0.2) is 35.8 Å². The number of fused-ring (bicyclic) bond motifs is 1. The molecule has 2 heterocycles. The fraction of sp³-hybridized carbons (Fsp3) is 0.375. The largest absolute Gasteiger partial charge is 0.372 e. The second kappa shape index (κ2) is 5.59. The summed E-state index contributed by atoms with van der Waals surface area (Å²) in [5.74, 6) is 1.02. The molecule has 0 amide bonds. The van der Waals surface area contributed by atoms with Gasteiger partial charge in [0.15, 0.2) is 0 Å². The maximum absolute atomic E-state index is 5.74. The van der Waals surface area contributed by atoms with E-state index in [-0.39, 0.29) is 6.10 Å². The smallest absolute Gasteiger partial charge is 0.139 e. The molecule has 4 heteroatoms. The first kappa shape index (κ1) is 13.1. The Morgan fingerprint density at radius 2 is 2.35 bits per heavy atom. The van der Waals surface area contributed by atoms with E-state index in [1.54, 1.807) is 12.4 Å². The lowest BCUT2D eigenvalue weighted by molar-refractivity contribution is 0.0909. The Morgan fingerprint density at radius 1 is 1.45 bits per heavy atom. The van der Waals surface area contributed by atoms with Gasteiger partial charge in [-0.2, -0.15) is 0 Å². The molecule has 104 valence electrons. The number of rotatable bonds is 4. The quantitative estimate of drug-likeness (QED) is 0.800. The molecule has 1 aliphatic rings. The standard InChI is InChI=1S/C16H19N3O/c1-3-9-20-13-7-8-19(10-13)16-14-6-4-5-12(2)15(14)17-11-18-16/h3-6,11,13H,1,7-10H2,2H3. The van der Waals surface area contributed by atoms with Crippen molar-refractivity contribution in [2.75, 3.05) is 24.6 Å². The van der Waals surface area contributed by atoms with E-state index in [2.05, 4.69) is 46.6 Å². The molecule has 0 N–H and O–H groups in total. The molecule has 0 radical (unpaired) electrons. The van der Waals surface area contributed by atoms with Crippen LogP contribution in [0.4, 0.5) is 5.82 Å². The van der Waals surface area contributed by atoms with Gasteiger partial charge in [0, 0.05) is 18.5 Å². The van der Waals surface area contributed by atoms with Crippen molar-refractivity contribution >= 4 is 16.7 Å². The number of hydrogen-bond donors (Lipinski definition) is 0. The lowest BCUT2D eigenvalue weighted by Crippen LogP contribution is -2.24. The third-order valence-corrected chi connectivity index (χ3v) is 3.74. The minimum Gasteiger partial charge on any atom is -0.372 e. The van der Waals surface area contributed by atoms with Gasteiger partial charge in [-0.25, -0.2) is 9.97 Å². The minimum absolute atomic E-state index is 0.267. The molecule has 1 aliphatic heterocycles. The lowest BCUT2D eigenvalue weighted by atomic mass is 10.1. The maximum atomic E-state index is 5.74. The number of aryl methyl sites for hydroxylation is 1. The molecule has 3 rings (SSSR count). The van der Waals surface area contributed by atoms with Crippen molar-refractivity contribution in [3.05, 3.63) is 42.7 Å². The molecule has 0 aliphatic carbocycles. The number of nitrogens with zero attached hydrogens (tertiary/aromatic N) is 3. The SMILES string of the molecule is C=CCOC1CCN(c2ncnc3c(C)cccc23)C1. The number of ether oxygens (including phenoxy) is 1. The lowest BCUT2D eigenvalue weighted by Gasteiger charge is -2.19. The molecule has 1 fully saturated rings. The zero-order chi connectivity index (χ0) is 13.9. The van der Waals surface area contributed by atoms with Crippen molar-refractivity contribution < 1.29 is 4.74 Å². The minimum atomic E-state index is 0.267. The van der Waals surface area contributed by atoms with Crippen LogP contribution in [0.3, 0.4) is 0 Å². The van der Waals surface area contributed by atoms with E-state index < -0.39 is 0 Å². The fourth-order valence-corrected chi connectivity index (χ4v) is 2.73. The van der Waals surface area contributed by atoms with Gasteiger partial charge < -0.3 is 9.64 Å². The molecule has 1 saturated heterocycles. The first-order valence-electron chi connectivity index (χ1n) is 6.97. The molecule has 0 spiro atoms. The summed E-state index contributed by atoms with van der Waals surface area (Å²) < 4.78 is 5.74. The normalized spacial score (nSPS) is 18.6. The predicted molar refractivity (Wildman–Crippen MR) is 81.0 cm³/mol. The topological polar surface area (TPSA) is 38.2 Å². The highest BCUT2D eigenvalue weighted by atomic mass is 16.5. The molecule has 1 aromatic heterocycles. The van der Waals surface area contributed by atoms with Gasteiger partial charge in [0.1, 0.15) is 12.1 Å². The molecule has 0 bridgehead atoms. The summed E-state index contributed by atoms with van der Waals surface area (Å²) in [5.41, 5.74) is 2.22. The van der Waals surface area contributed by atoms with Gasteiger partial charge in [-0.3, -0.25) is 0 Å². The number of hydrogen-bond acceptors (Lipinski definition) is 4. The van der Waals surface area contributed by atoms with E-state index in [4.69, 9.17) is 4.74 Å². The Bertz CT molecular complexity index is 626. The summed E-state index contributed by atoms with van der Waals surface area (Å²) in [6, 6.07) is 6.24. The van der Waals surface area contributed by atoms with E-state index in [0.29, 0.717) is 6.61 Å². The van der Waals surface area contributed by atoms with Crippen LogP contribution in [-0.2, 0) is 4.74 Å². The molecule has 0 saturated carbocycles. The third kappa shape index (κ3) is 2.39. The van der Waals surface area contributed by atoms with E-state index >= 15 is 0 Å². The summed E-state index contributed by atoms with van der Waals surface area (Å²) in [7, 11) is 0. The Morgan fingerprint density at radius 3 is 3.20 bits per heavy atom. The molecule has 1 unspecified atom stereocenters. The summed E-state index contributed by atoms with van der Waals surface area (Å²) in [6.45, 7) is 8.24. The summed E-state index contributed by atoms with van der Waals surface area (Å²) in [4.78, 5) is 11.2. The van der Waals surface area contributed by atoms with Gasteiger partial charge in [-0.1, -0.05) is 18.2 Å². The van der Waals surface area contributed by atoms with Crippen molar-refractivity contribution in [2.24, 2.45) is 0 Å². The van der Waals surface area contributed by atoms with E-state index in [1.165, 1.54) is 5.56 Å². The molecule has 1 atom stereocenters. The average Bonchev–Trinajstić information content (AvgIpc) is 2.94. The van der Waals surface area contributed by atoms with Crippen LogP contribution in [0.15, 0.2) is 37.2 Å². The number of benzene rings is 1. The van der Waals surface area contributed by atoms with Crippen LogP contribution in [0.25, 0.3) is 10.9 Å². The van der Waals surface area contributed by atoms with Crippen molar-refractivity contribution in [3.63, 3.8) is 0 Å². The van der Waals surface area contributed by atoms with Crippen LogP contribution in [0.2, 0.25) is 0 Å². The Labute approximate surface area is 119 Å². The van der Waals surface area contributed by atoms with E-state index in [0.717, 1.165) is 36.2 Å². The van der Waals surface area contributed by atoms with Crippen LogP contribution in [0.1, 0.15) is 12.0 Å². The zero-order valence-corrected chi connectivity index (χ0v) is 11.7. The fourth-order valence-electron chi connectivity index (χ4n) is 2.73. The molecular weight excluding hydrogens is 250 g/mol. The average molecular weight is 269 g/mol. The highest BCUT2D eigenvalue weighted by Gasteiger charge is 2.25. The monoisotopic (exact) mass is 269 g/mol. The predicted octanol–water partition coefficient (Wildman–Crippen LogP) is 2.72. The summed E-state index contributed by atoms with van der Waals surface area (Å²) in [5, 5.41) is 1.12. The van der Waals surface area contributed by atoms with Crippen molar-refractivity contribution in [3.8, 4) is 0 Å². The number of anilines is 1. The van der Waals surface area contributed by atoms with Crippen molar-refractivity contribution in [1.29, 1.82) is 0 Å². The Kier molecular flexibility index (Phi) is 3.65. The van der Waals surface area contributed by atoms with E-state index in [1.807, 2.05) is 0 Å². The number of aromatic nitrogens is 2. The van der Waals surface area contributed by atoms with Crippen molar-refractivity contribution in [1.82, 2.24) is 9.97 Å².